The Kier molecular flexibility index (Phi) is 8.86. The van der Waals surface area contributed by atoms with Crippen molar-refractivity contribution >= 4 is 23.1 Å². The Morgan fingerprint density at radius 2 is 1.91 bits per heavy atom. The summed E-state index contributed by atoms with van der Waals surface area (Å²) < 4.78 is 0. The molecule has 0 saturated carbocycles. The van der Waals surface area contributed by atoms with Gasteiger partial charge >= 0.3 is 5.97 Å². The Labute approximate surface area is 209 Å². The Morgan fingerprint density at radius 3 is 2.66 bits per heavy atom. The van der Waals surface area contributed by atoms with E-state index in [9.17, 15) is 9.90 Å². The molecule has 1 atom stereocenters. The van der Waals surface area contributed by atoms with Crippen molar-refractivity contribution in [1.82, 2.24) is 4.98 Å². The van der Waals surface area contributed by atoms with Gasteiger partial charge in [0, 0.05) is 29.7 Å². The van der Waals surface area contributed by atoms with Gasteiger partial charge < -0.3 is 10.1 Å². The predicted octanol–water partition coefficient (Wildman–Crippen LogP) is 7.77. The van der Waals surface area contributed by atoms with Crippen molar-refractivity contribution in [2.75, 3.05) is 0 Å². The molecule has 0 bridgehead atoms. The van der Waals surface area contributed by atoms with Gasteiger partial charge in [-0.25, -0.2) is 4.79 Å². The molecule has 3 rings (SSSR count). The maximum Gasteiger partial charge on any atom is 0.328 e. The zero-order chi connectivity index (χ0) is 25.4. The lowest BCUT2D eigenvalue weighted by atomic mass is 9.72. The number of carboxylic acid groups (broad SMARTS) is 1. The van der Waals surface area contributed by atoms with Gasteiger partial charge in [0.2, 0.25) is 0 Å². The molecule has 1 aliphatic rings. The molecule has 1 aliphatic carbocycles. The number of nitrogens with one attached hydrogen (secondary N) is 1. The number of allylic oxidation sites excluding steroid dienone is 10. The number of carboxylic acids is 1. The van der Waals surface area contributed by atoms with E-state index in [0.717, 1.165) is 22.0 Å². The van der Waals surface area contributed by atoms with Gasteiger partial charge in [-0.15, -0.1) is 0 Å². The highest BCUT2D eigenvalue weighted by Gasteiger charge is 2.26. The van der Waals surface area contributed by atoms with Crippen LogP contribution in [0.3, 0.4) is 0 Å². The molecule has 0 amide bonds. The highest BCUT2D eigenvalue weighted by Crippen LogP contribution is 2.40. The van der Waals surface area contributed by atoms with Crippen LogP contribution in [-0.2, 0) is 11.2 Å². The number of rotatable bonds is 9. The Bertz CT molecular complexity index is 1230. The monoisotopic (exact) mass is 470 g/mol. The first kappa shape index (κ1) is 26.2. The largest absolute Gasteiger partial charge is 0.480 e. The summed E-state index contributed by atoms with van der Waals surface area (Å²) in [6.07, 6.45) is 20.0. The second-order valence-corrected chi connectivity index (χ2v) is 10.2. The van der Waals surface area contributed by atoms with Crippen LogP contribution in [0.15, 0.2) is 94.2 Å². The predicted molar refractivity (Wildman–Crippen MR) is 148 cm³/mol. The average Bonchev–Trinajstić information content (AvgIpc) is 3.20. The number of para-hydroxylation sites is 1. The molecule has 184 valence electrons. The molecule has 1 unspecified atom stereocenters. The Balaban J connectivity index is 1.61. The number of aromatic amines is 1. The highest BCUT2D eigenvalue weighted by molar-refractivity contribution is 5.85. The fourth-order valence-corrected chi connectivity index (χ4v) is 4.66. The fraction of sp³-hybridized carbons (Fsp3) is 0.355. The maximum absolute atomic E-state index is 11.7. The van der Waals surface area contributed by atoms with Crippen molar-refractivity contribution in [3.8, 4) is 0 Å². The molecule has 1 heterocycles. The SMILES string of the molecule is CC1=C(/C=C/C(C)=C/C=C/C(C)=C/C=NC(Cc2c[nH]c3ccccc23)C(=O)O)C(C)(C)CCC1. The molecule has 0 aliphatic heterocycles. The molecule has 35 heavy (non-hydrogen) atoms. The summed E-state index contributed by atoms with van der Waals surface area (Å²) >= 11 is 0. The number of hydrogen-bond donors (Lipinski definition) is 2. The summed E-state index contributed by atoms with van der Waals surface area (Å²) in [5.74, 6) is -0.926. The lowest BCUT2D eigenvalue weighted by molar-refractivity contribution is -0.138. The summed E-state index contributed by atoms with van der Waals surface area (Å²) in [5.41, 5.74) is 7.37. The van der Waals surface area contributed by atoms with E-state index in [0.29, 0.717) is 6.42 Å². The van der Waals surface area contributed by atoms with E-state index < -0.39 is 12.0 Å². The van der Waals surface area contributed by atoms with Gasteiger partial charge in [-0.2, -0.15) is 0 Å². The summed E-state index contributed by atoms with van der Waals surface area (Å²) in [6.45, 7) is 11.0. The van der Waals surface area contributed by atoms with Gasteiger partial charge in [-0.05, 0) is 74.3 Å². The lowest BCUT2D eigenvalue weighted by Crippen LogP contribution is -2.20. The van der Waals surface area contributed by atoms with Crippen molar-refractivity contribution in [2.45, 2.75) is 66.3 Å². The van der Waals surface area contributed by atoms with Gasteiger partial charge in [0.25, 0.3) is 0 Å². The molecular weight excluding hydrogens is 432 g/mol. The minimum absolute atomic E-state index is 0.246. The second-order valence-electron chi connectivity index (χ2n) is 10.2. The second kappa shape index (κ2) is 11.8. The zero-order valence-electron chi connectivity index (χ0n) is 21.6. The van der Waals surface area contributed by atoms with Gasteiger partial charge in [-0.3, -0.25) is 4.99 Å². The molecule has 0 saturated heterocycles. The van der Waals surface area contributed by atoms with Crippen LogP contribution in [0.4, 0.5) is 0 Å². The number of aliphatic imine (C=N–C) groups is 1. The molecule has 1 aromatic carbocycles. The number of H-pyrrole nitrogens is 1. The standard InChI is InChI=1S/C31H38N2O2/c1-22(15-16-27-24(3)12-9-18-31(27,4)5)10-8-11-23(2)17-19-32-29(30(34)35)20-25-21-33-28-14-7-6-13-26(25)28/h6-8,10-11,13-17,19,21,29,33H,9,12,18,20H2,1-5H3,(H,34,35)/b11-8+,16-15+,22-10+,23-17+,32-19?. The molecule has 4 nitrogen and oxygen atoms in total. The molecule has 1 aromatic heterocycles. The van der Waals surface area contributed by atoms with Crippen LogP contribution >= 0.6 is 0 Å². The number of benzene rings is 1. The molecule has 2 aromatic rings. The molecular formula is C31H38N2O2. The number of carbonyl (C=O) groups is 1. The van der Waals surface area contributed by atoms with Gasteiger partial charge in [0.1, 0.15) is 0 Å². The van der Waals surface area contributed by atoms with Crippen molar-refractivity contribution in [2.24, 2.45) is 10.4 Å². The minimum Gasteiger partial charge on any atom is -0.480 e. The third kappa shape index (κ3) is 7.29. The van der Waals surface area contributed by atoms with Crippen LogP contribution in [0.2, 0.25) is 0 Å². The van der Waals surface area contributed by atoms with Crippen molar-refractivity contribution in [1.29, 1.82) is 0 Å². The molecule has 4 heteroatoms. The Morgan fingerprint density at radius 1 is 1.17 bits per heavy atom. The number of aromatic nitrogens is 1. The smallest absolute Gasteiger partial charge is 0.328 e. The van der Waals surface area contributed by atoms with Crippen LogP contribution in [0.25, 0.3) is 10.9 Å². The van der Waals surface area contributed by atoms with Crippen LogP contribution in [-0.4, -0.2) is 28.3 Å². The van der Waals surface area contributed by atoms with Crippen LogP contribution in [0, 0.1) is 5.41 Å². The van der Waals surface area contributed by atoms with Crippen LogP contribution < -0.4 is 0 Å². The average molecular weight is 471 g/mol. The Hall–Kier alpha value is -3.40. The van der Waals surface area contributed by atoms with Gasteiger partial charge in [0.15, 0.2) is 6.04 Å². The number of hydrogen-bond acceptors (Lipinski definition) is 2. The highest BCUT2D eigenvalue weighted by atomic mass is 16.4. The third-order valence-corrected chi connectivity index (χ3v) is 6.75. The van der Waals surface area contributed by atoms with E-state index in [1.165, 1.54) is 36.0 Å². The molecule has 0 radical (unpaired) electrons. The maximum atomic E-state index is 11.7. The van der Waals surface area contributed by atoms with Crippen molar-refractivity contribution in [3.63, 3.8) is 0 Å². The number of fused-ring (bicyclic) bond motifs is 1. The fourth-order valence-electron chi connectivity index (χ4n) is 4.66. The minimum atomic E-state index is -0.926. The van der Waals surface area contributed by atoms with Crippen molar-refractivity contribution < 1.29 is 9.90 Å². The third-order valence-electron chi connectivity index (χ3n) is 6.75. The lowest BCUT2D eigenvalue weighted by Gasteiger charge is -2.32. The summed E-state index contributed by atoms with van der Waals surface area (Å²) in [4.78, 5) is 19.2. The first-order chi connectivity index (χ1) is 16.7. The van der Waals surface area contributed by atoms with Crippen LogP contribution in [0.1, 0.15) is 59.4 Å². The summed E-state index contributed by atoms with van der Waals surface area (Å²) in [6, 6.07) is 7.07. The van der Waals surface area contributed by atoms with E-state index in [-0.39, 0.29) is 5.41 Å². The van der Waals surface area contributed by atoms with E-state index in [2.05, 4.69) is 55.9 Å². The van der Waals surface area contributed by atoms with Gasteiger partial charge in [0.05, 0.1) is 0 Å². The van der Waals surface area contributed by atoms with E-state index in [1.54, 1.807) is 6.21 Å². The summed E-state index contributed by atoms with van der Waals surface area (Å²) in [7, 11) is 0. The van der Waals surface area contributed by atoms with E-state index in [4.69, 9.17) is 0 Å². The molecule has 0 fully saturated rings. The number of nitrogens with zero attached hydrogens (tertiary/aromatic N) is 1. The van der Waals surface area contributed by atoms with Crippen LogP contribution in [0.5, 0.6) is 0 Å². The molecule has 0 spiro atoms. The van der Waals surface area contributed by atoms with E-state index >= 15 is 0 Å². The van der Waals surface area contributed by atoms with Gasteiger partial charge in [-0.1, -0.05) is 73.6 Å². The van der Waals surface area contributed by atoms with Crippen molar-refractivity contribution in [3.05, 3.63) is 94.8 Å². The first-order valence-electron chi connectivity index (χ1n) is 12.4. The quantitative estimate of drug-likeness (QED) is 0.290. The summed E-state index contributed by atoms with van der Waals surface area (Å²) in [5, 5.41) is 10.7. The topological polar surface area (TPSA) is 65.5 Å². The number of aliphatic carboxylic acids is 1. The van der Waals surface area contributed by atoms with E-state index in [1.807, 2.05) is 55.6 Å². The normalized spacial score (nSPS) is 18.4. The first-order valence-corrected chi connectivity index (χ1v) is 12.4. The molecule has 2 N–H and O–H groups in total. The zero-order valence-corrected chi connectivity index (χ0v) is 21.6.